The molecule has 0 radical (unpaired) electrons. The fourth-order valence-electron chi connectivity index (χ4n) is 2.50. The molecule has 0 spiro atoms. The molecular weight excluding hydrogens is 300 g/mol. The summed E-state index contributed by atoms with van der Waals surface area (Å²) in [7, 11) is 1.62. The minimum Gasteiger partial charge on any atom is -0.593 e. The molecular formula is C16H20N2O3S. The van der Waals surface area contributed by atoms with Crippen molar-refractivity contribution in [3.8, 4) is 0 Å². The average molecular weight is 320 g/mol. The van der Waals surface area contributed by atoms with Gasteiger partial charge in [-0.2, -0.15) is 0 Å². The van der Waals surface area contributed by atoms with Crippen molar-refractivity contribution in [3.05, 3.63) is 42.5 Å². The number of rotatable bonds is 5. The SMILES string of the molecule is CC(C)[C@H](C(=O)NO)N(C)[S+]([O-])c1ccc2ccccc2c1. The van der Waals surface area contributed by atoms with E-state index in [1.54, 1.807) is 18.6 Å². The predicted octanol–water partition coefficient (Wildman–Crippen LogP) is 2.32. The monoisotopic (exact) mass is 320 g/mol. The Hall–Kier alpha value is -1.60. The Morgan fingerprint density at radius 2 is 1.86 bits per heavy atom. The summed E-state index contributed by atoms with van der Waals surface area (Å²) in [5.74, 6) is -0.659. The lowest BCUT2D eigenvalue weighted by Crippen LogP contribution is -2.49. The average Bonchev–Trinajstić information content (AvgIpc) is 2.53. The van der Waals surface area contributed by atoms with Crippen molar-refractivity contribution in [1.82, 2.24) is 9.79 Å². The Labute approximate surface area is 133 Å². The number of hydrogen-bond acceptors (Lipinski definition) is 4. The number of hydrogen-bond donors (Lipinski definition) is 2. The van der Waals surface area contributed by atoms with Crippen LogP contribution in [0, 0.1) is 5.92 Å². The quantitative estimate of drug-likeness (QED) is 0.504. The van der Waals surface area contributed by atoms with Crippen LogP contribution in [-0.4, -0.2) is 33.1 Å². The molecule has 0 aromatic heterocycles. The van der Waals surface area contributed by atoms with Gasteiger partial charge in [0.2, 0.25) is 0 Å². The highest BCUT2D eigenvalue weighted by Gasteiger charge is 2.34. The second kappa shape index (κ2) is 7.11. The molecule has 0 saturated carbocycles. The Kier molecular flexibility index (Phi) is 5.42. The van der Waals surface area contributed by atoms with Gasteiger partial charge < -0.3 is 4.55 Å². The van der Waals surface area contributed by atoms with E-state index >= 15 is 0 Å². The molecule has 2 N–H and O–H groups in total. The molecule has 0 fully saturated rings. The van der Waals surface area contributed by atoms with Gasteiger partial charge in [-0.3, -0.25) is 10.0 Å². The Morgan fingerprint density at radius 3 is 2.45 bits per heavy atom. The van der Waals surface area contributed by atoms with Crippen LogP contribution in [0.15, 0.2) is 47.4 Å². The normalized spacial score (nSPS) is 14.3. The van der Waals surface area contributed by atoms with Crippen LogP contribution >= 0.6 is 0 Å². The van der Waals surface area contributed by atoms with Crippen molar-refractivity contribution in [1.29, 1.82) is 0 Å². The van der Waals surface area contributed by atoms with E-state index in [-0.39, 0.29) is 5.92 Å². The molecule has 1 unspecified atom stereocenters. The van der Waals surface area contributed by atoms with Crippen molar-refractivity contribution >= 4 is 28.0 Å². The Bertz CT molecular complexity index is 663. The van der Waals surface area contributed by atoms with E-state index in [1.165, 1.54) is 4.31 Å². The number of carbonyl (C=O) groups excluding carboxylic acids is 1. The fourth-order valence-corrected chi connectivity index (χ4v) is 3.79. The predicted molar refractivity (Wildman–Crippen MR) is 86.7 cm³/mol. The first-order chi connectivity index (χ1) is 10.5. The van der Waals surface area contributed by atoms with Crippen molar-refractivity contribution < 1.29 is 14.6 Å². The molecule has 0 saturated heterocycles. The first kappa shape index (κ1) is 16.8. The van der Waals surface area contributed by atoms with Gasteiger partial charge in [-0.1, -0.05) is 38.1 Å². The van der Waals surface area contributed by atoms with Gasteiger partial charge in [0, 0.05) is 13.1 Å². The first-order valence-corrected chi connectivity index (χ1v) is 8.14. The largest absolute Gasteiger partial charge is 0.593 e. The molecule has 2 rings (SSSR count). The lowest BCUT2D eigenvalue weighted by Gasteiger charge is -2.29. The number of amides is 1. The minimum absolute atomic E-state index is 0.0958. The van der Waals surface area contributed by atoms with Crippen LogP contribution in [0.4, 0.5) is 0 Å². The summed E-state index contributed by atoms with van der Waals surface area (Å²) in [5.41, 5.74) is 1.65. The van der Waals surface area contributed by atoms with Gasteiger partial charge in [0.25, 0.3) is 5.91 Å². The lowest BCUT2D eigenvalue weighted by atomic mass is 10.0. The van der Waals surface area contributed by atoms with E-state index < -0.39 is 23.3 Å². The summed E-state index contributed by atoms with van der Waals surface area (Å²) in [6.45, 7) is 3.68. The Balaban J connectivity index is 2.31. The summed E-state index contributed by atoms with van der Waals surface area (Å²) in [6.07, 6.45) is 0. The highest BCUT2D eigenvalue weighted by atomic mass is 32.2. The summed E-state index contributed by atoms with van der Waals surface area (Å²) in [6, 6.07) is 12.7. The van der Waals surface area contributed by atoms with E-state index in [4.69, 9.17) is 5.21 Å². The third-order valence-corrected chi connectivity index (χ3v) is 4.99. The zero-order valence-electron chi connectivity index (χ0n) is 12.8. The van der Waals surface area contributed by atoms with Gasteiger partial charge in [0.1, 0.15) is 6.04 Å². The van der Waals surface area contributed by atoms with Gasteiger partial charge in [0.05, 0.1) is 11.4 Å². The van der Waals surface area contributed by atoms with Gasteiger partial charge in [-0.05, 0) is 28.8 Å². The molecule has 0 heterocycles. The molecule has 6 heteroatoms. The Morgan fingerprint density at radius 1 is 1.23 bits per heavy atom. The van der Waals surface area contributed by atoms with Crippen molar-refractivity contribution in [2.45, 2.75) is 24.8 Å². The summed E-state index contributed by atoms with van der Waals surface area (Å²) >= 11 is -1.50. The molecule has 0 aliphatic rings. The number of benzene rings is 2. The maximum Gasteiger partial charge on any atom is 0.265 e. The molecule has 0 bridgehead atoms. The third kappa shape index (κ3) is 3.41. The van der Waals surface area contributed by atoms with E-state index in [2.05, 4.69) is 0 Å². The van der Waals surface area contributed by atoms with Crippen LogP contribution in [0.2, 0.25) is 0 Å². The number of hydroxylamine groups is 1. The van der Waals surface area contributed by atoms with E-state index in [9.17, 15) is 9.35 Å². The van der Waals surface area contributed by atoms with Gasteiger partial charge in [0.15, 0.2) is 4.90 Å². The summed E-state index contributed by atoms with van der Waals surface area (Å²) < 4.78 is 14.2. The smallest absolute Gasteiger partial charge is 0.265 e. The molecule has 2 aromatic rings. The molecule has 0 aliphatic heterocycles. The molecule has 0 aliphatic carbocycles. The highest BCUT2D eigenvalue weighted by molar-refractivity contribution is 7.89. The summed E-state index contributed by atoms with van der Waals surface area (Å²) in [4.78, 5) is 12.4. The number of fused-ring (bicyclic) bond motifs is 1. The van der Waals surface area contributed by atoms with Crippen LogP contribution in [0.3, 0.4) is 0 Å². The van der Waals surface area contributed by atoms with Crippen molar-refractivity contribution in [2.75, 3.05) is 7.05 Å². The minimum atomic E-state index is -1.50. The molecule has 5 nitrogen and oxygen atoms in total. The zero-order chi connectivity index (χ0) is 16.3. The van der Waals surface area contributed by atoms with Crippen LogP contribution < -0.4 is 5.48 Å². The zero-order valence-corrected chi connectivity index (χ0v) is 13.6. The second-order valence-corrected chi connectivity index (χ2v) is 7.01. The fraction of sp³-hybridized carbons (Fsp3) is 0.312. The summed E-state index contributed by atoms with van der Waals surface area (Å²) in [5, 5.41) is 10.9. The van der Waals surface area contributed by atoms with Gasteiger partial charge in [-0.15, -0.1) is 4.31 Å². The van der Waals surface area contributed by atoms with Crippen LogP contribution in [0.5, 0.6) is 0 Å². The second-order valence-electron chi connectivity index (χ2n) is 5.47. The van der Waals surface area contributed by atoms with E-state index in [0.29, 0.717) is 4.90 Å². The highest BCUT2D eigenvalue weighted by Crippen LogP contribution is 2.24. The molecule has 2 aromatic carbocycles. The number of nitrogens with one attached hydrogen (secondary N) is 1. The van der Waals surface area contributed by atoms with Crippen molar-refractivity contribution in [2.24, 2.45) is 5.92 Å². The molecule has 22 heavy (non-hydrogen) atoms. The standard InChI is InChI=1S/C16H20N2O3S/c1-11(2)15(16(19)17-20)18(3)22(21)14-9-8-12-6-4-5-7-13(12)10-14/h4-11,15,20H,1-3H3,(H,17,19)/t15-,22?/m1/s1. The maximum atomic E-state index is 12.7. The van der Waals surface area contributed by atoms with Gasteiger partial charge >= 0.3 is 0 Å². The molecule has 2 atom stereocenters. The molecule has 118 valence electrons. The molecule has 1 amide bonds. The topological polar surface area (TPSA) is 75.6 Å². The first-order valence-electron chi connectivity index (χ1n) is 7.03. The van der Waals surface area contributed by atoms with Crippen LogP contribution in [0.25, 0.3) is 10.8 Å². The van der Waals surface area contributed by atoms with Crippen LogP contribution in [0.1, 0.15) is 13.8 Å². The van der Waals surface area contributed by atoms with Crippen LogP contribution in [-0.2, 0) is 16.2 Å². The van der Waals surface area contributed by atoms with Crippen molar-refractivity contribution in [3.63, 3.8) is 0 Å². The third-order valence-electron chi connectivity index (χ3n) is 3.59. The van der Waals surface area contributed by atoms with E-state index in [0.717, 1.165) is 10.8 Å². The number of likely N-dealkylation sites (N-methyl/N-ethyl adjacent to an activating group) is 1. The van der Waals surface area contributed by atoms with Gasteiger partial charge in [-0.25, -0.2) is 5.48 Å². The number of carbonyl (C=O) groups is 1. The lowest BCUT2D eigenvalue weighted by molar-refractivity contribution is -0.134. The number of nitrogens with zero attached hydrogens (tertiary/aromatic N) is 1. The maximum absolute atomic E-state index is 12.7. The van der Waals surface area contributed by atoms with E-state index in [1.807, 2.05) is 50.2 Å².